The van der Waals surface area contributed by atoms with Crippen molar-refractivity contribution in [3.8, 4) is 0 Å². The molecule has 31 heavy (non-hydrogen) atoms. The molecule has 1 saturated heterocycles. The van der Waals surface area contributed by atoms with Gasteiger partial charge in [-0.15, -0.1) is 0 Å². The van der Waals surface area contributed by atoms with Crippen LogP contribution in [0.3, 0.4) is 0 Å². The van der Waals surface area contributed by atoms with Crippen molar-refractivity contribution in [3.63, 3.8) is 0 Å². The minimum atomic E-state index is -2.64. The molecule has 2 aromatic rings. The molecule has 0 bridgehead atoms. The second-order valence-electron chi connectivity index (χ2n) is 8.73. The van der Waals surface area contributed by atoms with Gasteiger partial charge in [-0.3, -0.25) is 9.69 Å². The first-order chi connectivity index (χ1) is 14.4. The fourth-order valence-corrected chi connectivity index (χ4v) is 5.55. The molecule has 1 saturated carbocycles. The standard InChI is InChI=1S/C22H30F2N4OS.CH4/c1-22(23,24)14-28-10-8-17(9-11-28)30-13-20-26-19-12-16(25-15-4-2-3-5-15)6-7-18(19)21(29)27-20;/h6-7,12,15,17,25H,2-5,8-11,13-14H2,1H3,(H,26,27,29);1H4. The highest BCUT2D eigenvalue weighted by atomic mass is 32.2. The Morgan fingerprint density at radius 2 is 1.94 bits per heavy atom. The molecule has 0 atom stereocenters. The van der Waals surface area contributed by atoms with Crippen LogP contribution in [0.5, 0.6) is 0 Å². The van der Waals surface area contributed by atoms with Crippen LogP contribution in [0.2, 0.25) is 0 Å². The first-order valence-corrected chi connectivity index (χ1v) is 11.9. The van der Waals surface area contributed by atoms with Crippen molar-refractivity contribution in [3.05, 3.63) is 34.4 Å². The van der Waals surface area contributed by atoms with Crippen molar-refractivity contribution in [1.29, 1.82) is 0 Å². The molecule has 0 unspecified atom stereocenters. The van der Waals surface area contributed by atoms with E-state index in [1.165, 1.54) is 25.7 Å². The van der Waals surface area contributed by atoms with Crippen molar-refractivity contribution in [2.75, 3.05) is 25.0 Å². The predicted octanol–water partition coefficient (Wildman–Crippen LogP) is 5.27. The number of rotatable bonds is 7. The van der Waals surface area contributed by atoms with Crippen molar-refractivity contribution in [2.24, 2.45) is 0 Å². The molecule has 1 aliphatic heterocycles. The van der Waals surface area contributed by atoms with E-state index in [1.54, 1.807) is 11.8 Å². The summed E-state index contributed by atoms with van der Waals surface area (Å²) < 4.78 is 26.4. The van der Waals surface area contributed by atoms with Gasteiger partial charge in [-0.2, -0.15) is 11.8 Å². The van der Waals surface area contributed by atoms with Gasteiger partial charge < -0.3 is 10.3 Å². The van der Waals surface area contributed by atoms with Crippen molar-refractivity contribution < 1.29 is 8.78 Å². The van der Waals surface area contributed by atoms with Crippen LogP contribution in [0.25, 0.3) is 10.9 Å². The van der Waals surface area contributed by atoms with E-state index in [2.05, 4.69) is 10.3 Å². The average molecular weight is 453 g/mol. The van der Waals surface area contributed by atoms with Gasteiger partial charge in [-0.1, -0.05) is 20.3 Å². The third kappa shape index (κ3) is 6.65. The largest absolute Gasteiger partial charge is 0.382 e. The number of hydrogen-bond donors (Lipinski definition) is 2. The SMILES string of the molecule is C.CC(F)(F)CN1CCC(SCc2nc3cc(NC4CCCC4)ccc3c(=O)[nH]2)CC1. The minimum absolute atomic E-state index is 0. The normalized spacial score (nSPS) is 18.9. The number of anilines is 1. The average Bonchev–Trinajstić information content (AvgIpc) is 3.19. The van der Waals surface area contributed by atoms with Gasteiger partial charge in [0.1, 0.15) is 5.82 Å². The Balaban J connectivity index is 0.00000272. The monoisotopic (exact) mass is 452 g/mol. The van der Waals surface area contributed by atoms with E-state index in [0.717, 1.165) is 31.0 Å². The number of fused-ring (bicyclic) bond motifs is 1. The zero-order chi connectivity index (χ0) is 21.1. The number of H-pyrrole nitrogens is 1. The van der Waals surface area contributed by atoms with Gasteiger partial charge in [0.2, 0.25) is 0 Å². The Morgan fingerprint density at radius 1 is 1.23 bits per heavy atom. The lowest BCUT2D eigenvalue weighted by atomic mass is 10.1. The number of halogens is 2. The fourth-order valence-electron chi connectivity index (χ4n) is 4.48. The van der Waals surface area contributed by atoms with Gasteiger partial charge in [-0.05, 0) is 57.0 Å². The van der Waals surface area contributed by atoms with Crippen molar-refractivity contribution >= 4 is 28.4 Å². The summed E-state index contributed by atoms with van der Waals surface area (Å²) in [6.07, 6.45) is 6.69. The molecule has 0 radical (unpaired) electrons. The lowest BCUT2D eigenvalue weighted by Gasteiger charge is -2.32. The second-order valence-corrected chi connectivity index (χ2v) is 10.0. The number of aromatic nitrogens is 2. The molecule has 2 N–H and O–H groups in total. The molecule has 2 fully saturated rings. The van der Waals surface area contributed by atoms with E-state index in [9.17, 15) is 13.6 Å². The molecule has 0 spiro atoms. The smallest absolute Gasteiger partial charge is 0.258 e. The zero-order valence-corrected chi connectivity index (χ0v) is 18.2. The molecule has 2 aliphatic rings. The van der Waals surface area contributed by atoms with E-state index in [-0.39, 0.29) is 19.5 Å². The van der Waals surface area contributed by atoms with Gasteiger partial charge in [0.05, 0.1) is 23.2 Å². The number of aromatic amines is 1. The summed E-state index contributed by atoms with van der Waals surface area (Å²) in [5, 5.41) is 4.57. The molecule has 4 rings (SSSR count). The summed E-state index contributed by atoms with van der Waals surface area (Å²) in [4.78, 5) is 21.9. The summed E-state index contributed by atoms with van der Waals surface area (Å²) in [7, 11) is 0. The van der Waals surface area contributed by atoms with Crippen LogP contribution in [0, 0.1) is 0 Å². The third-order valence-corrected chi connectivity index (χ3v) is 7.36. The van der Waals surface area contributed by atoms with Crippen LogP contribution in [0.4, 0.5) is 14.5 Å². The van der Waals surface area contributed by atoms with E-state index in [1.807, 2.05) is 23.1 Å². The zero-order valence-electron chi connectivity index (χ0n) is 17.4. The number of hydrogen-bond acceptors (Lipinski definition) is 5. The van der Waals surface area contributed by atoms with E-state index < -0.39 is 5.92 Å². The first kappa shape index (κ1) is 24.0. The quantitative estimate of drug-likeness (QED) is 0.600. The van der Waals surface area contributed by atoms with Crippen LogP contribution in [0.1, 0.15) is 58.7 Å². The molecule has 1 aromatic heterocycles. The molecular formula is C23H34F2N4OS. The maximum absolute atomic E-state index is 13.2. The van der Waals surface area contributed by atoms with Crippen LogP contribution >= 0.6 is 11.8 Å². The molecule has 0 amide bonds. The van der Waals surface area contributed by atoms with E-state index >= 15 is 0 Å². The Hall–Kier alpha value is -1.67. The van der Waals surface area contributed by atoms with Gasteiger partial charge >= 0.3 is 0 Å². The Morgan fingerprint density at radius 3 is 2.61 bits per heavy atom. The molecule has 172 valence electrons. The highest BCUT2D eigenvalue weighted by molar-refractivity contribution is 7.99. The molecule has 2 heterocycles. The first-order valence-electron chi connectivity index (χ1n) is 10.9. The number of thioether (sulfide) groups is 1. The van der Waals surface area contributed by atoms with E-state index in [4.69, 9.17) is 4.98 Å². The number of alkyl halides is 2. The van der Waals surface area contributed by atoms with Gasteiger partial charge in [-0.25, -0.2) is 13.8 Å². The Kier molecular flexibility index (Phi) is 7.97. The van der Waals surface area contributed by atoms with Crippen LogP contribution in [-0.4, -0.2) is 51.7 Å². The lowest BCUT2D eigenvalue weighted by molar-refractivity contribution is -0.0182. The summed E-state index contributed by atoms with van der Waals surface area (Å²) in [5.74, 6) is -1.34. The maximum atomic E-state index is 13.2. The van der Waals surface area contributed by atoms with Crippen LogP contribution in [-0.2, 0) is 5.75 Å². The molecule has 1 aromatic carbocycles. The molecule has 5 nitrogen and oxygen atoms in total. The van der Waals surface area contributed by atoms with Crippen molar-refractivity contribution in [2.45, 2.75) is 75.8 Å². The van der Waals surface area contributed by atoms with Gasteiger partial charge in [0, 0.05) is 23.9 Å². The summed E-state index contributed by atoms with van der Waals surface area (Å²) >= 11 is 1.76. The van der Waals surface area contributed by atoms with Crippen molar-refractivity contribution in [1.82, 2.24) is 14.9 Å². The summed E-state index contributed by atoms with van der Waals surface area (Å²) in [6, 6.07) is 6.28. The number of likely N-dealkylation sites (tertiary alicyclic amines) is 1. The molecule has 1 aliphatic carbocycles. The van der Waals surface area contributed by atoms with E-state index in [0.29, 0.717) is 41.3 Å². The molecular weight excluding hydrogens is 418 g/mol. The van der Waals surface area contributed by atoms with Gasteiger partial charge in [0.15, 0.2) is 0 Å². The second kappa shape index (κ2) is 10.3. The topological polar surface area (TPSA) is 61.0 Å². The number of piperidine rings is 1. The fraction of sp³-hybridized carbons (Fsp3) is 0.652. The van der Waals surface area contributed by atoms with Crippen LogP contribution in [0.15, 0.2) is 23.0 Å². The number of nitrogens with one attached hydrogen (secondary N) is 2. The highest BCUT2D eigenvalue weighted by Gasteiger charge is 2.28. The lowest BCUT2D eigenvalue weighted by Crippen LogP contribution is -2.41. The summed E-state index contributed by atoms with van der Waals surface area (Å²) in [5.41, 5.74) is 1.63. The van der Waals surface area contributed by atoms with Crippen LogP contribution < -0.4 is 10.9 Å². The highest BCUT2D eigenvalue weighted by Crippen LogP contribution is 2.28. The summed E-state index contributed by atoms with van der Waals surface area (Å²) in [6.45, 7) is 2.20. The molecule has 8 heteroatoms. The minimum Gasteiger partial charge on any atom is -0.382 e. The number of nitrogens with zero attached hydrogens (tertiary/aromatic N) is 2. The maximum Gasteiger partial charge on any atom is 0.258 e. The Labute approximate surface area is 187 Å². The number of benzene rings is 1. The van der Waals surface area contributed by atoms with Gasteiger partial charge in [0.25, 0.3) is 11.5 Å². The predicted molar refractivity (Wildman–Crippen MR) is 126 cm³/mol. The Bertz CT molecular complexity index is 916. The third-order valence-electron chi connectivity index (χ3n) is 5.97.